The number of likely N-dealkylation sites (tertiary alicyclic amines) is 1. The van der Waals surface area contributed by atoms with E-state index in [1.807, 2.05) is 0 Å². The molecule has 5 nitrogen and oxygen atoms in total. The molecule has 4 N–H and O–H groups in total. The minimum absolute atomic E-state index is 0.384. The van der Waals surface area contributed by atoms with E-state index < -0.39 is 0 Å². The van der Waals surface area contributed by atoms with Crippen LogP contribution in [0.2, 0.25) is 0 Å². The Balaban J connectivity index is 2.43. The highest BCUT2D eigenvalue weighted by molar-refractivity contribution is 5.94. The predicted octanol–water partition coefficient (Wildman–Crippen LogP) is -0.258. The summed E-state index contributed by atoms with van der Waals surface area (Å²) in [5.74, 6) is 1.43. The Morgan fingerprint density at radius 2 is 2.40 bits per heavy atom. The summed E-state index contributed by atoms with van der Waals surface area (Å²) in [5.41, 5.74) is 11.0. The summed E-state index contributed by atoms with van der Waals surface area (Å²) in [6.07, 6.45) is 2.52. The van der Waals surface area contributed by atoms with Gasteiger partial charge in [0.05, 0.1) is 7.11 Å². The second-order valence-electron chi connectivity index (χ2n) is 3.88. The van der Waals surface area contributed by atoms with Gasteiger partial charge in [-0.2, -0.15) is 0 Å². The number of hydrogen-bond acceptors (Lipinski definition) is 4. The highest BCUT2D eigenvalue weighted by atomic mass is 16.5. The zero-order valence-electron chi connectivity index (χ0n) is 9.44. The summed E-state index contributed by atoms with van der Waals surface area (Å²) in [6.45, 7) is 2.98. The van der Waals surface area contributed by atoms with Crippen LogP contribution in [0.25, 0.3) is 0 Å². The van der Waals surface area contributed by atoms with Crippen molar-refractivity contribution in [2.45, 2.75) is 6.42 Å². The number of nitrogens with zero attached hydrogens (tertiary/aromatic N) is 2. The monoisotopic (exact) mass is 212 g/mol. The number of rotatable bonds is 4. The maximum absolute atomic E-state index is 5.71. The Labute approximate surface area is 90.8 Å². The topological polar surface area (TPSA) is 76.9 Å². The fourth-order valence-electron chi connectivity index (χ4n) is 1.74. The van der Waals surface area contributed by atoms with Crippen LogP contribution >= 0.6 is 0 Å². The molecule has 1 unspecified atom stereocenters. The molecule has 1 atom stereocenters. The molecular weight excluding hydrogens is 192 g/mol. The third-order valence-corrected chi connectivity index (χ3v) is 2.63. The van der Waals surface area contributed by atoms with E-state index in [2.05, 4.69) is 16.9 Å². The molecule has 0 saturated carbocycles. The lowest BCUT2D eigenvalue weighted by molar-refractivity contribution is 0.313. The Bertz CT molecular complexity index is 262. The van der Waals surface area contributed by atoms with E-state index >= 15 is 0 Å². The van der Waals surface area contributed by atoms with Gasteiger partial charge in [-0.3, -0.25) is 4.99 Å². The lowest BCUT2D eigenvalue weighted by atomic mass is 10.1. The maximum Gasteiger partial charge on any atom is 0.175 e. The summed E-state index contributed by atoms with van der Waals surface area (Å²) in [7, 11) is 3.65. The average molecular weight is 212 g/mol. The molecule has 1 fully saturated rings. The first kappa shape index (κ1) is 11.8. The van der Waals surface area contributed by atoms with Crippen LogP contribution in [-0.2, 0) is 4.74 Å². The summed E-state index contributed by atoms with van der Waals surface area (Å²) in [4.78, 5) is 6.58. The summed E-state index contributed by atoms with van der Waals surface area (Å²) in [6, 6.07) is 0. The van der Waals surface area contributed by atoms with E-state index in [9.17, 15) is 0 Å². The van der Waals surface area contributed by atoms with Gasteiger partial charge in [0.25, 0.3) is 0 Å². The molecule has 1 aliphatic rings. The third kappa shape index (κ3) is 3.43. The van der Waals surface area contributed by atoms with Gasteiger partial charge >= 0.3 is 0 Å². The molecule has 0 aliphatic carbocycles. The standard InChI is InChI=1S/C10H20N4O/c1-14-4-3-8(7-14)6-13-10(12)9(5-11)15-2/h5,8H,3-4,6-7,11H2,1-2H3,(H2,12,13)/b9-5+. The van der Waals surface area contributed by atoms with Gasteiger partial charge in [0.1, 0.15) is 0 Å². The molecule has 0 spiro atoms. The van der Waals surface area contributed by atoms with E-state index in [-0.39, 0.29) is 0 Å². The van der Waals surface area contributed by atoms with Crippen molar-refractivity contribution in [1.82, 2.24) is 4.90 Å². The Kier molecular flexibility index (Phi) is 4.42. The van der Waals surface area contributed by atoms with E-state index in [0.29, 0.717) is 17.5 Å². The fraction of sp³-hybridized carbons (Fsp3) is 0.700. The molecule has 1 aliphatic heterocycles. The molecule has 1 heterocycles. The van der Waals surface area contributed by atoms with Crippen molar-refractivity contribution in [2.75, 3.05) is 33.8 Å². The van der Waals surface area contributed by atoms with E-state index in [0.717, 1.165) is 19.6 Å². The molecule has 0 radical (unpaired) electrons. The molecule has 1 rings (SSSR count). The van der Waals surface area contributed by atoms with Gasteiger partial charge in [0.15, 0.2) is 11.6 Å². The van der Waals surface area contributed by atoms with Crippen molar-refractivity contribution in [3.05, 3.63) is 12.0 Å². The van der Waals surface area contributed by atoms with Crippen LogP contribution < -0.4 is 11.5 Å². The molecule has 0 aromatic carbocycles. The van der Waals surface area contributed by atoms with Crippen molar-refractivity contribution >= 4 is 5.84 Å². The number of amidine groups is 1. The van der Waals surface area contributed by atoms with Gasteiger partial charge in [-0.05, 0) is 25.9 Å². The Morgan fingerprint density at radius 3 is 2.87 bits per heavy atom. The van der Waals surface area contributed by atoms with E-state index in [1.54, 1.807) is 0 Å². The molecule has 5 heteroatoms. The maximum atomic E-state index is 5.71. The molecule has 0 bridgehead atoms. The molecule has 0 aromatic heterocycles. The number of hydrogen-bond donors (Lipinski definition) is 2. The average Bonchev–Trinajstić information content (AvgIpc) is 2.63. The lowest BCUT2D eigenvalue weighted by Crippen LogP contribution is -2.20. The fourth-order valence-corrected chi connectivity index (χ4v) is 1.74. The quantitative estimate of drug-likeness (QED) is 0.382. The number of nitrogens with two attached hydrogens (primary N) is 2. The number of methoxy groups -OCH3 is 1. The van der Waals surface area contributed by atoms with Crippen LogP contribution in [0.4, 0.5) is 0 Å². The SMILES string of the molecule is CO/C(=C/N)C(N)=NCC1CCN(C)C1. The van der Waals surface area contributed by atoms with Gasteiger partial charge in [0, 0.05) is 19.3 Å². The van der Waals surface area contributed by atoms with Gasteiger partial charge in [-0.1, -0.05) is 0 Å². The molecular formula is C10H20N4O. The highest BCUT2D eigenvalue weighted by Gasteiger charge is 2.18. The lowest BCUT2D eigenvalue weighted by Gasteiger charge is -2.09. The van der Waals surface area contributed by atoms with Gasteiger partial charge in [-0.25, -0.2) is 0 Å². The zero-order chi connectivity index (χ0) is 11.3. The highest BCUT2D eigenvalue weighted by Crippen LogP contribution is 2.14. The van der Waals surface area contributed by atoms with Crippen molar-refractivity contribution in [2.24, 2.45) is 22.4 Å². The first-order valence-corrected chi connectivity index (χ1v) is 5.12. The largest absolute Gasteiger partial charge is 0.491 e. The Morgan fingerprint density at radius 1 is 1.67 bits per heavy atom. The van der Waals surface area contributed by atoms with Crippen LogP contribution in [0, 0.1) is 5.92 Å². The predicted molar refractivity (Wildman–Crippen MR) is 61.4 cm³/mol. The minimum atomic E-state index is 0.384. The van der Waals surface area contributed by atoms with Gasteiger partial charge < -0.3 is 21.1 Å². The Hall–Kier alpha value is -1.23. The number of ether oxygens (including phenoxy) is 1. The van der Waals surface area contributed by atoms with Crippen LogP contribution in [0.3, 0.4) is 0 Å². The van der Waals surface area contributed by atoms with Crippen molar-refractivity contribution < 1.29 is 4.74 Å². The normalized spacial score (nSPS) is 24.5. The van der Waals surface area contributed by atoms with Crippen molar-refractivity contribution in [3.8, 4) is 0 Å². The van der Waals surface area contributed by atoms with Gasteiger partial charge in [-0.15, -0.1) is 0 Å². The van der Waals surface area contributed by atoms with Crippen LogP contribution in [0.1, 0.15) is 6.42 Å². The van der Waals surface area contributed by atoms with Crippen molar-refractivity contribution in [1.29, 1.82) is 0 Å². The molecule has 1 saturated heterocycles. The van der Waals surface area contributed by atoms with Crippen LogP contribution in [0.15, 0.2) is 17.0 Å². The zero-order valence-corrected chi connectivity index (χ0v) is 9.44. The second kappa shape index (κ2) is 5.60. The first-order valence-electron chi connectivity index (χ1n) is 5.12. The first-order chi connectivity index (χ1) is 7.17. The summed E-state index contributed by atoms with van der Waals surface area (Å²) in [5, 5.41) is 0. The molecule has 0 amide bonds. The smallest absolute Gasteiger partial charge is 0.175 e. The minimum Gasteiger partial charge on any atom is -0.491 e. The molecule has 15 heavy (non-hydrogen) atoms. The van der Waals surface area contributed by atoms with E-state index in [4.69, 9.17) is 16.2 Å². The second-order valence-corrected chi connectivity index (χ2v) is 3.88. The molecule has 0 aromatic rings. The van der Waals surface area contributed by atoms with Crippen LogP contribution in [0.5, 0.6) is 0 Å². The van der Waals surface area contributed by atoms with E-state index in [1.165, 1.54) is 19.7 Å². The third-order valence-electron chi connectivity index (χ3n) is 2.63. The molecule has 86 valence electrons. The summed E-state index contributed by atoms with van der Waals surface area (Å²) < 4.78 is 4.97. The summed E-state index contributed by atoms with van der Waals surface area (Å²) >= 11 is 0. The van der Waals surface area contributed by atoms with Gasteiger partial charge in [0.2, 0.25) is 0 Å². The van der Waals surface area contributed by atoms with Crippen molar-refractivity contribution in [3.63, 3.8) is 0 Å². The number of aliphatic imine (C=N–C) groups is 1. The van der Waals surface area contributed by atoms with Crippen LogP contribution in [-0.4, -0.2) is 44.5 Å².